The quantitative estimate of drug-likeness (QED) is 0.776. The van der Waals surface area contributed by atoms with Crippen LogP contribution >= 0.6 is 0 Å². The van der Waals surface area contributed by atoms with E-state index >= 15 is 0 Å². The van der Waals surface area contributed by atoms with Gasteiger partial charge in [0.2, 0.25) is 0 Å². The molecule has 1 aromatic rings. The lowest BCUT2D eigenvalue weighted by atomic mass is 10.2. The summed E-state index contributed by atoms with van der Waals surface area (Å²) in [4.78, 5) is 0. The second kappa shape index (κ2) is 4.75. The zero-order chi connectivity index (χ0) is 10.7. The van der Waals surface area contributed by atoms with E-state index in [-0.39, 0.29) is 18.2 Å². The predicted octanol–water partition coefficient (Wildman–Crippen LogP) is 1.02. The molecule has 1 saturated carbocycles. The molecule has 1 aliphatic carbocycles. The molecule has 3 heteroatoms. The molecular formula is C12H18N2O. The van der Waals surface area contributed by atoms with Crippen molar-refractivity contribution in [2.75, 3.05) is 0 Å². The first-order valence-corrected chi connectivity index (χ1v) is 5.42. The number of nitrogens with two attached hydrogens (primary N) is 2. The maximum absolute atomic E-state index is 5.83. The highest BCUT2D eigenvalue weighted by Crippen LogP contribution is 2.20. The third kappa shape index (κ3) is 2.78. The van der Waals surface area contributed by atoms with Crippen molar-refractivity contribution in [3.63, 3.8) is 0 Å². The molecule has 0 saturated heterocycles. The molecule has 1 aliphatic rings. The average molecular weight is 206 g/mol. The molecule has 0 heterocycles. The molecule has 4 N–H and O–H groups in total. The van der Waals surface area contributed by atoms with Gasteiger partial charge in [0.15, 0.2) is 0 Å². The van der Waals surface area contributed by atoms with Gasteiger partial charge in [-0.05, 0) is 18.4 Å². The minimum atomic E-state index is 0.103. The second-order valence-corrected chi connectivity index (χ2v) is 4.22. The minimum absolute atomic E-state index is 0.103. The van der Waals surface area contributed by atoms with Crippen LogP contribution in [0.25, 0.3) is 0 Å². The Morgan fingerprint density at radius 2 is 1.67 bits per heavy atom. The van der Waals surface area contributed by atoms with Gasteiger partial charge in [-0.1, -0.05) is 30.3 Å². The predicted molar refractivity (Wildman–Crippen MR) is 60.2 cm³/mol. The van der Waals surface area contributed by atoms with E-state index in [1.165, 1.54) is 5.56 Å². The van der Waals surface area contributed by atoms with Crippen molar-refractivity contribution in [1.29, 1.82) is 0 Å². The summed E-state index contributed by atoms with van der Waals surface area (Å²) in [5.74, 6) is 0. The molecule has 0 amide bonds. The van der Waals surface area contributed by atoms with Crippen LogP contribution in [0.15, 0.2) is 30.3 Å². The van der Waals surface area contributed by atoms with Crippen molar-refractivity contribution < 1.29 is 4.74 Å². The topological polar surface area (TPSA) is 61.3 Å². The Labute approximate surface area is 90.4 Å². The van der Waals surface area contributed by atoms with Crippen molar-refractivity contribution in [3.05, 3.63) is 35.9 Å². The summed E-state index contributed by atoms with van der Waals surface area (Å²) in [7, 11) is 0. The molecule has 0 bridgehead atoms. The molecular weight excluding hydrogens is 188 g/mol. The van der Waals surface area contributed by atoms with E-state index in [1.54, 1.807) is 0 Å². The highest BCUT2D eigenvalue weighted by atomic mass is 16.5. The van der Waals surface area contributed by atoms with E-state index in [9.17, 15) is 0 Å². The van der Waals surface area contributed by atoms with Gasteiger partial charge >= 0.3 is 0 Å². The van der Waals surface area contributed by atoms with Crippen molar-refractivity contribution >= 4 is 0 Å². The summed E-state index contributed by atoms with van der Waals surface area (Å²) < 4.78 is 5.77. The molecule has 0 spiro atoms. The lowest BCUT2D eigenvalue weighted by molar-refractivity contribution is 0.0441. The molecule has 0 unspecified atom stereocenters. The maximum Gasteiger partial charge on any atom is 0.0720 e. The Hall–Kier alpha value is -0.900. The smallest absolute Gasteiger partial charge is 0.0720 e. The van der Waals surface area contributed by atoms with Crippen LogP contribution in [0, 0.1) is 0 Å². The van der Waals surface area contributed by atoms with Gasteiger partial charge in [0.05, 0.1) is 12.7 Å². The monoisotopic (exact) mass is 206 g/mol. The van der Waals surface area contributed by atoms with Gasteiger partial charge in [-0.2, -0.15) is 0 Å². The first-order valence-electron chi connectivity index (χ1n) is 5.42. The fourth-order valence-corrected chi connectivity index (χ4v) is 1.98. The molecule has 0 radical (unpaired) electrons. The van der Waals surface area contributed by atoms with Gasteiger partial charge in [0.1, 0.15) is 0 Å². The lowest BCUT2D eigenvalue weighted by Crippen LogP contribution is -2.35. The van der Waals surface area contributed by atoms with Gasteiger partial charge in [-0.3, -0.25) is 0 Å². The van der Waals surface area contributed by atoms with Crippen molar-refractivity contribution in [2.24, 2.45) is 11.5 Å². The molecule has 2 atom stereocenters. The Balaban J connectivity index is 1.80. The minimum Gasteiger partial charge on any atom is -0.373 e. The average Bonchev–Trinajstić information content (AvgIpc) is 2.57. The Bertz CT molecular complexity index is 292. The number of hydrogen-bond donors (Lipinski definition) is 2. The van der Waals surface area contributed by atoms with Gasteiger partial charge < -0.3 is 16.2 Å². The molecule has 0 aliphatic heterocycles. The summed E-state index contributed by atoms with van der Waals surface area (Å²) in [6.07, 6.45) is 2.00. The van der Waals surface area contributed by atoms with Gasteiger partial charge in [-0.25, -0.2) is 0 Å². The molecule has 15 heavy (non-hydrogen) atoms. The fourth-order valence-electron chi connectivity index (χ4n) is 1.98. The summed E-state index contributed by atoms with van der Waals surface area (Å²) in [5, 5.41) is 0. The Morgan fingerprint density at radius 1 is 1.07 bits per heavy atom. The summed E-state index contributed by atoms with van der Waals surface area (Å²) in [5.41, 5.74) is 12.9. The molecule has 3 nitrogen and oxygen atoms in total. The van der Waals surface area contributed by atoms with Crippen molar-refractivity contribution in [3.8, 4) is 0 Å². The number of ether oxygens (including phenoxy) is 1. The number of rotatable bonds is 3. The van der Waals surface area contributed by atoms with E-state index in [2.05, 4.69) is 12.1 Å². The molecule has 1 aromatic carbocycles. The standard InChI is InChI=1S/C12H18N2O/c13-11-6-10(7-12(11)14)15-8-9-4-2-1-3-5-9/h1-5,10-12H,6-8,13-14H2/t11-,12-/m1/s1. The SMILES string of the molecule is N[C@@H]1CC(OCc2ccccc2)C[C@H]1N. The molecule has 0 aromatic heterocycles. The second-order valence-electron chi connectivity index (χ2n) is 4.22. The zero-order valence-electron chi connectivity index (χ0n) is 8.80. The largest absolute Gasteiger partial charge is 0.373 e. The lowest BCUT2D eigenvalue weighted by Gasteiger charge is -2.11. The van der Waals surface area contributed by atoms with Crippen LogP contribution in [-0.2, 0) is 11.3 Å². The fraction of sp³-hybridized carbons (Fsp3) is 0.500. The Morgan fingerprint density at radius 3 is 2.27 bits per heavy atom. The number of hydrogen-bond acceptors (Lipinski definition) is 3. The maximum atomic E-state index is 5.83. The summed E-state index contributed by atoms with van der Waals surface area (Å²) in [6, 6.07) is 10.4. The normalized spacial score (nSPS) is 27.1. The van der Waals surface area contributed by atoms with Gasteiger partial charge in [0, 0.05) is 12.1 Å². The highest BCUT2D eigenvalue weighted by Gasteiger charge is 2.29. The van der Waals surface area contributed by atoms with Crippen LogP contribution in [0.1, 0.15) is 18.4 Å². The molecule has 82 valence electrons. The Kier molecular flexibility index (Phi) is 3.36. The van der Waals surface area contributed by atoms with Crippen LogP contribution in [-0.4, -0.2) is 18.2 Å². The van der Waals surface area contributed by atoms with E-state index in [0.29, 0.717) is 6.61 Å². The van der Waals surface area contributed by atoms with Gasteiger partial charge in [0.25, 0.3) is 0 Å². The number of benzene rings is 1. The van der Waals surface area contributed by atoms with Crippen LogP contribution < -0.4 is 11.5 Å². The molecule has 1 fully saturated rings. The first-order chi connectivity index (χ1) is 7.25. The zero-order valence-corrected chi connectivity index (χ0v) is 8.80. The van der Waals surface area contributed by atoms with E-state index in [0.717, 1.165) is 12.8 Å². The van der Waals surface area contributed by atoms with E-state index < -0.39 is 0 Å². The van der Waals surface area contributed by atoms with E-state index in [4.69, 9.17) is 16.2 Å². The van der Waals surface area contributed by atoms with Crippen LogP contribution in [0.4, 0.5) is 0 Å². The van der Waals surface area contributed by atoms with Crippen LogP contribution in [0.3, 0.4) is 0 Å². The van der Waals surface area contributed by atoms with Gasteiger partial charge in [-0.15, -0.1) is 0 Å². The molecule has 2 rings (SSSR count). The van der Waals surface area contributed by atoms with Crippen molar-refractivity contribution in [1.82, 2.24) is 0 Å². The first kappa shape index (κ1) is 10.6. The highest BCUT2D eigenvalue weighted by molar-refractivity contribution is 5.13. The van der Waals surface area contributed by atoms with E-state index in [1.807, 2.05) is 18.2 Å². The third-order valence-corrected chi connectivity index (χ3v) is 2.95. The van der Waals surface area contributed by atoms with Crippen LogP contribution in [0.2, 0.25) is 0 Å². The van der Waals surface area contributed by atoms with Crippen molar-refractivity contribution in [2.45, 2.75) is 37.6 Å². The summed E-state index contributed by atoms with van der Waals surface area (Å²) in [6.45, 7) is 0.658. The van der Waals surface area contributed by atoms with Crippen LogP contribution in [0.5, 0.6) is 0 Å². The summed E-state index contributed by atoms with van der Waals surface area (Å²) >= 11 is 0. The third-order valence-electron chi connectivity index (χ3n) is 2.95.